The van der Waals surface area contributed by atoms with Gasteiger partial charge in [0, 0.05) is 5.56 Å². The third-order valence-corrected chi connectivity index (χ3v) is 2.79. The molecule has 0 radical (unpaired) electrons. The second kappa shape index (κ2) is 4.66. The SMILES string of the molecule is CC(C)c1cccc(-c2cccc(F)c2)c1F. The Hall–Kier alpha value is -1.70. The number of halogens is 2. The number of hydrogen-bond acceptors (Lipinski definition) is 0. The fourth-order valence-electron chi connectivity index (χ4n) is 1.87. The van der Waals surface area contributed by atoms with Gasteiger partial charge in [-0.3, -0.25) is 0 Å². The van der Waals surface area contributed by atoms with E-state index in [-0.39, 0.29) is 17.6 Å². The molecule has 0 heterocycles. The molecular formula is C15H14F2. The highest BCUT2D eigenvalue weighted by atomic mass is 19.1. The summed E-state index contributed by atoms with van der Waals surface area (Å²) in [4.78, 5) is 0. The molecule has 0 unspecified atom stereocenters. The molecule has 0 atom stereocenters. The molecule has 0 saturated heterocycles. The Morgan fingerprint density at radius 1 is 0.941 bits per heavy atom. The zero-order chi connectivity index (χ0) is 12.4. The number of rotatable bonds is 2. The summed E-state index contributed by atoms with van der Waals surface area (Å²) < 4.78 is 27.3. The highest BCUT2D eigenvalue weighted by molar-refractivity contribution is 5.65. The van der Waals surface area contributed by atoms with Crippen LogP contribution in [-0.4, -0.2) is 0 Å². The minimum atomic E-state index is -0.350. The van der Waals surface area contributed by atoms with E-state index in [2.05, 4.69) is 0 Å². The average molecular weight is 232 g/mol. The van der Waals surface area contributed by atoms with E-state index in [1.807, 2.05) is 13.8 Å². The van der Waals surface area contributed by atoms with E-state index in [9.17, 15) is 8.78 Å². The Morgan fingerprint density at radius 2 is 1.65 bits per heavy atom. The maximum Gasteiger partial charge on any atom is 0.134 e. The van der Waals surface area contributed by atoms with Gasteiger partial charge in [0.2, 0.25) is 0 Å². The molecule has 2 aromatic rings. The monoisotopic (exact) mass is 232 g/mol. The maximum atomic E-state index is 14.2. The zero-order valence-electron chi connectivity index (χ0n) is 9.87. The fourth-order valence-corrected chi connectivity index (χ4v) is 1.87. The molecule has 2 aromatic carbocycles. The van der Waals surface area contributed by atoms with Gasteiger partial charge in [-0.05, 0) is 29.2 Å². The summed E-state index contributed by atoms with van der Waals surface area (Å²) in [6, 6.07) is 11.3. The van der Waals surface area contributed by atoms with Crippen molar-refractivity contribution in [1.82, 2.24) is 0 Å². The molecule has 0 fully saturated rings. The van der Waals surface area contributed by atoms with Gasteiger partial charge in [-0.25, -0.2) is 8.78 Å². The lowest BCUT2D eigenvalue weighted by molar-refractivity contribution is 0.601. The molecule has 0 bridgehead atoms. The van der Waals surface area contributed by atoms with Crippen molar-refractivity contribution in [3.05, 3.63) is 59.7 Å². The van der Waals surface area contributed by atoms with Crippen LogP contribution in [0.1, 0.15) is 25.3 Å². The summed E-state index contributed by atoms with van der Waals surface area (Å²) >= 11 is 0. The molecule has 0 aliphatic heterocycles. The van der Waals surface area contributed by atoms with Crippen molar-refractivity contribution >= 4 is 0 Å². The molecular weight excluding hydrogens is 218 g/mol. The zero-order valence-corrected chi connectivity index (χ0v) is 9.87. The Bertz CT molecular complexity index is 530. The van der Waals surface area contributed by atoms with E-state index in [0.29, 0.717) is 16.7 Å². The third-order valence-electron chi connectivity index (χ3n) is 2.79. The first kappa shape index (κ1) is 11.8. The van der Waals surface area contributed by atoms with Crippen molar-refractivity contribution in [1.29, 1.82) is 0 Å². The smallest absolute Gasteiger partial charge is 0.134 e. The van der Waals surface area contributed by atoms with Gasteiger partial charge in [-0.15, -0.1) is 0 Å². The summed E-state index contributed by atoms with van der Waals surface area (Å²) in [6.07, 6.45) is 0. The molecule has 88 valence electrons. The molecule has 0 N–H and O–H groups in total. The normalized spacial score (nSPS) is 10.9. The highest BCUT2D eigenvalue weighted by Crippen LogP contribution is 2.28. The van der Waals surface area contributed by atoms with Crippen LogP contribution in [0.15, 0.2) is 42.5 Å². The van der Waals surface area contributed by atoms with Gasteiger partial charge in [-0.1, -0.05) is 44.2 Å². The lowest BCUT2D eigenvalue weighted by Crippen LogP contribution is -1.95. The van der Waals surface area contributed by atoms with Crippen LogP contribution in [0.2, 0.25) is 0 Å². The molecule has 0 nitrogen and oxygen atoms in total. The third kappa shape index (κ3) is 2.36. The van der Waals surface area contributed by atoms with E-state index >= 15 is 0 Å². The van der Waals surface area contributed by atoms with Gasteiger partial charge >= 0.3 is 0 Å². The molecule has 0 spiro atoms. The molecule has 17 heavy (non-hydrogen) atoms. The van der Waals surface area contributed by atoms with E-state index in [0.717, 1.165) is 0 Å². The predicted molar refractivity (Wildman–Crippen MR) is 65.9 cm³/mol. The van der Waals surface area contributed by atoms with Crippen LogP contribution >= 0.6 is 0 Å². The summed E-state index contributed by atoms with van der Waals surface area (Å²) in [5, 5.41) is 0. The van der Waals surface area contributed by atoms with Crippen LogP contribution in [0.4, 0.5) is 8.78 Å². The number of hydrogen-bond donors (Lipinski definition) is 0. The predicted octanol–water partition coefficient (Wildman–Crippen LogP) is 4.76. The van der Waals surface area contributed by atoms with Gasteiger partial charge in [0.25, 0.3) is 0 Å². The first-order valence-corrected chi connectivity index (χ1v) is 5.64. The minimum absolute atomic E-state index is 0.114. The van der Waals surface area contributed by atoms with Crippen molar-refractivity contribution in [3.8, 4) is 11.1 Å². The van der Waals surface area contributed by atoms with Gasteiger partial charge < -0.3 is 0 Å². The molecule has 0 aliphatic rings. The van der Waals surface area contributed by atoms with Crippen LogP contribution in [0, 0.1) is 11.6 Å². The molecule has 0 aromatic heterocycles. The van der Waals surface area contributed by atoms with Crippen LogP contribution in [0.25, 0.3) is 11.1 Å². The summed E-state index contributed by atoms with van der Waals surface area (Å²) in [6.45, 7) is 3.88. The summed E-state index contributed by atoms with van der Waals surface area (Å²) in [5.41, 5.74) is 1.69. The average Bonchev–Trinajstić information content (AvgIpc) is 2.29. The highest BCUT2D eigenvalue weighted by Gasteiger charge is 2.12. The van der Waals surface area contributed by atoms with Gasteiger partial charge in [0.15, 0.2) is 0 Å². The van der Waals surface area contributed by atoms with Crippen LogP contribution in [-0.2, 0) is 0 Å². The van der Waals surface area contributed by atoms with E-state index in [1.165, 1.54) is 12.1 Å². The van der Waals surface area contributed by atoms with Crippen LogP contribution < -0.4 is 0 Å². The molecule has 0 amide bonds. The van der Waals surface area contributed by atoms with Crippen molar-refractivity contribution in [3.63, 3.8) is 0 Å². The fraction of sp³-hybridized carbons (Fsp3) is 0.200. The lowest BCUT2D eigenvalue weighted by atomic mass is 9.96. The maximum absolute atomic E-state index is 14.2. The standard InChI is InChI=1S/C15H14F2/c1-10(2)13-7-4-8-14(15(13)17)11-5-3-6-12(16)9-11/h3-10H,1-2H3. The van der Waals surface area contributed by atoms with Crippen LogP contribution in [0.3, 0.4) is 0 Å². The van der Waals surface area contributed by atoms with E-state index < -0.39 is 0 Å². The second-order valence-corrected chi connectivity index (χ2v) is 4.37. The largest absolute Gasteiger partial charge is 0.207 e. The van der Waals surface area contributed by atoms with Gasteiger partial charge in [-0.2, -0.15) is 0 Å². The first-order chi connectivity index (χ1) is 8.09. The van der Waals surface area contributed by atoms with Gasteiger partial charge in [0.05, 0.1) is 0 Å². The van der Waals surface area contributed by atoms with E-state index in [4.69, 9.17) is 0 Å². The molecule has 2 heteroatoms. The van der Waals surface area contributed by atoms with Crippen molar-refractivity contribution in [2.45, 2.75) is 19.8 Å². The first-order valence-electron chi connectivity index (χ1n) is 5.64. The quantitative estimate of drug-likeness (QED) is 0.700. The van der Waals surface area contributed by atoms with Crippen LogP contribution in [0.5, 0.6) is 0 Å². The Morgan fingerprint density at radius 3 is 2.29 bits per heavy atom. The molecule has 0 saturated carbocycles. The summed E-state index contributed by atoms with van der Waals surface area (Å²) in [5.74, 6) is -0.492. The Balaban J connectivity index is 2.57. The number of benzene rings is 2. The van der Waals surface area contributed by atoms with Crippen molar-refractivity contribution < 1.29 is 8.78 Å². The Kier molecular flexibility index (Phi) is 3.23. The topological polar surface area (TPSA) is 0 Å². The summed E-state index contributed by atoms with van der Waals surface area (Å²) in [7, 11) is 0. The second-order valence-electron chi connectivity index (χ2n) is 4.37. The molecule has 2 rings (SSSR count). The minimum Gasteiger partial charge on any atom is -0.207 e. The lowest BCUT2D eigenvalue weighted by Gasteiger charge is -2.11. The van der Waals surface area contributed by atoms with Gasteiger partial charge in [0.1, 0.15) is 11.6 Å². The van der Waals surface area contributed by atoms with Crippen molar-refractivity contribution in [2.24, 2.45) is 0 Å². The Labute approximate surface area is 99.9 Å². The molecule has 0 aliphatic carbocycles. The van der Waals surface area contributed by atoms with Crippen molar-refractivity contribution in [2.75, 3.05) is 0 Å². The van der Waals surface area contributed by atoms with E-state index in [1.54, 1.807) is 30.3 Å².